The zero-order valence-electron chi connectivity index (χ0n) is 10.9. The first kappa shape index (κ1) is 15.4. The molecule has 0 fully saturated rings. The number of aliphatic hydroxyl groups excluding tert-OH is 1. The number of alkyl halides is 2. The lowest BCUT2D eigenvalue weighted by molar-refractivity contribution is -0.126. The first-order valence-corrected chi connectivity index (χ1v) is 5.80. The van der Waals surface area contributed by atoms with Crippen molar-refractivity contribution in [2.75, 3.05) is 19.8 Å². The normalized spacial score (nSPS) is 11.2. The highest BCUT2D eigenvalue weighted by Crippen LogP contribution is 2.22. The number of aryl methyl sites for hydroxylation is 2. The van der Waals surface area contributed by atoms with E-state index >= 15 is 0 Å². The van der Waals surface area contributed by atoms with Crippen LogP contribution in [0.4, 0.5) is 8.78 Å². The maximum absolute atomic E-state index is 12.7. The molecule has 0 aliphatic rings. The molecule has 1 rings (SSSR count). The number of nitrogens with one attached hydrogen (secondary N) is 1. The number of hydrogen-bond acceptors (Lipinski definition) is 3. The van der Waals surface area contributed by atoms with Crippen LogP contribution < -0.4 is 10.1 Å². The van der Waals surface area contributed by atoms with Gasteiger partial charge in [-0.1, -0.05) is 18.2 Å². The summed E-state index contributed by atoms with van der Waals surface area (Å²) in [5.41, 5.74) is 1.74. The number of amides is 1. The van der Waals surface area contributed by atoms with Gasteiger partial charge in [-0.3, -0.25) is 4.79 Å². The fourth-order valence-corrected chi connectivity index (χ4v) is 1.50. The number of para-hydroxylation sites is 1. The number of benzene rings is 1. The first-order chi connectivity index (χ1) is 8.85. The molecule has 0 heterocycles. The standard InChI is InChI=1S/C13H17F2NO3/c1-9-4-3-5-10(2)12(9)19-6-11(18)16-7-13(14,15)8-17/h3-5,17H,6-8H2,1-2H3,(H,16,18). The molecule has 0 aromatic heterocycles. The molecule has 1 aromatic carbocycles. The summed E-state index contributed by atoms with van der Waals surface area (Å²) in [5.74, 6) is -3.39. The lowest BCUT2D eigenvalue weighted by atomic mass is 10.1. The van der Waals surface area contributed by atoms with E-state index in [1.54, 1.807) is 0 Å². The van der Waals surface area contributed by atoms with E-state index in [1.807, 2.05) is 37.4 Å². The van der Waals surface area contributed by atoms with Gasteiger partial charge in [0.1, 0.15) is 12.4 Å². The van der Waals surface area contributed by atoms with Gasteiger partial charge in [0.05, 0.1) is 6.54 Å². The number of aliphatic hydroxyl groups is 1. The molecule has 1 aromatic rings. The Labute approximate surface area is 110 Å². The second-order valence-electron chi connectivity index (χ2n) is 4.30. The fraction of sp³-hybridized carbons (Fsp3) is 0.462. The third-order valence-corrected chi connectivity index (χ3v) is 2.53. The number of carbonyl (C=O) groups is 1. The van der Waals surface area contributed by atoms with Crippen molar-refractivity contribution in [3.63, 3.8) is 0 Å². The average Bonchev–Trinajstić information content (AvgIpc) is 2.36. The number of ether oxygens (including phenoxy) is 1. The molecule has 0 spiro atoms. The molecule has 0 saturated carbocycles. The molecule has 0 atom stereocenters. The molecule has 106 valence electrons. The third kappa shape index (κ3) is 4.82. The molecule has 0 unspecified atom stereocenters. The Hall–Kier alpha value is -1.69. The lowest BCUT2D eigenvalue weighted by Crippen LogP contribution is -2.40. The smallest absolute Gasteiger partial charge is 0.287 e. The van der Waals surface area contributed by atoms with E-state index < -0.39 is 25.0 Å². The maximum atomic E-state index is 12.7. The molecule has 0 aliphatic heterocycles. The molecule has 1 amide bonds. The SMILES string of the molecule is Cc1cccc(C)c1OCC(=O)NCC(F)(F)CO. The molecule has 19 heavy (non-hydrogen) atoms. The van der Waals surface area contributed by atoms with Crippen LogP contribution in [0.3, 0.4) is 0 Å². The second-order valence-corrected chi connectivity index (χ2v) is 4.30. The molecule has 0 radical (unpaired) electrons. The molecule has 0 bridgehead atoms. The highest BCUT2D eigenvalue weighted by Gasteiger charge is 2.28. The van der Waals surface area contributed by atoms with E-state index in [2.05, 4.69) is 0 Å². The van der Waals surface area contributed by atoms with E-state index in [4.69, 9.17) is 9.84 Å². The second kappa shape index (κ2) is 6.47. The lowest BCUT2D eigenvalue weighted by Gasteiger charge is -2.15. The molecular formula is C13H17F2NO3. The summed E-state index contributed by atoms with van der Waals surface area (Å²) in [4.78, 5) is 11.4. The molecular weight excluding hydrogens is 256 g/mol. The predicted octanol–water partition coefficient (Wildman–Crippen LogP) is 1.43. The summed E-state index contributed by atoms with van der Waals surface area (Å²) in [6.07, 6.45) is 0. The van der Waals surface area contributed by atoms with E-state index in [0.29, 0.717) is 5.75 Å². The summed E-state index contributed by atoms with van der Waals surface area (Å²) < 4.78 is 30.7. The zero-order valence-corrected chi connectivity index (χ0v) is 10.9. The van der Waals surface area contributed by atoms with Crippen LogP contribution in [0.5, 0.6) is 5.75 Å². The summed E-state index contributed by atoms with van der Waals surface area (Å²) >= 11 is 0. The Kier molecular flexibility index (Phi) is 5.23. The minimum atomic E-state index is -3.31. The Morgan fingerprint density at radius 3 is 2.47 bits per heavy atom. The number of carbonyl (C=O) groups excluding carboxylic acids is 1. The van der Waals surface area contributed by atoms with Crippen molar-refractivity contribution in [3.8, 4) is 5.75 Å². The maximum Gasteiger partial charge on any atom is 0.287 e. The summed E-state index contributed by atoms with van der Waals surface area (Å²) in [7, 11) is 0. The van der Waals surface area contributed by atoms with E-state index in [-0.39, 0.29) is 6.61 Å². The largest absolute Gasteiger partial charge is 0.483 e. The first-order valence-electron chi connectivity index (χ1n) is 5.80. The molecule has 2 N–H and O–H groups in total. The highest BCUT2D eigenvalue weighted by atomic mass is 19.3. The predicted molar refractivity (Wildman–Crippen MR) is 66.5 cm³/mol. The van der Waals surface area contributed by atoms with Gasteiger partial charge in [0.15, 0.2) is 6.61 Å². The summed E-state index contributed by atoms with van der Waals surface area (Å²) in [6, 6.07) is 5.53. The van der Waals surface area contributed by atoms with Crippen molar-refractivity contribution < 1.29 is 23.4 Å². The van der Waals surface area contributed by atoms with Crippen molar-refractivity contribution in [2.45, 2.75) is 19.8 Å². The minimum absolute atomic E-state index is 0.340. The van der Waals surface area contributed by atoms with Gasteiger partial charge in [-0.05, 0) is 25.0 Å². The summed E-state index contributed by atoms with van der Waals surface area (Å²) in [5, 5.41) is 10.4. The van der Waals surface area contributed by atoms with Crippen LogP contribution in [0.25, 0.3) is 0 Å². The Balaban J connectivity index is 2.47. The zero-order chi connectivity index (χ0) is 14.5. The molecule has 0 saturated heterocycles. The van der Waals surface area contributed by atoms with Crippen molar-refractivity contribution in [1.29, 1.82) is 0 Å². The topological polar surface area (TPSA) is 58.6 Å². The molecule has 0 aliphatic carbocycles. The van der Waals surface area contributed by atoms with Gasteiger partial charge in [-0.2, -0.15) is 0 Å². The number of halogens is 2. The van der Waals surface area contributed by atoms with Crippen LogP contribution >= 0.6 is 0 Å². The van der Waals surface area contributed by atoms with Crippen molar-refractivity contribution >= 4 is 5.91 Å². The van der Waals surface area contributed by atoms with Crippen LogP contribution in [0.15, 0.2) is 18.2 Å². The average molecular weight is 273 g/mol. The van der Waals surface area contributed by atoms with Gasteiger partial charge in [-0.25, -0.2) is 8.78 Å². The van der Waals surface area contributed by atoms with Gasteiger partial charge in [0.25, 0.3) is 11.8 Å². The van der Waals surface area contributed by atoms with Gasteiger partial charge in [0.2, 0.25) is 0 Å². The van der Waals surface area contributed by atoms with Crippen LogP contribution in [0, 0.1) is 13.8 Å². The molecule has 6 heteroatoms. The Morgan fingerprint density at radius 2 is 1.95 bits per heavy atom. The van der Waals surface area contributed by atoms with Crippen LogP contribution in [-0.4, -0.2) is 36.7 Å². The minimum Gasteiger partial charge on any atom is -0.483 e. The van der Waals surface area contributed by atoms with Crippen molar-refractivity contribution in [2.24, 2.45) is 0 Å². The van der Waals surface area contributed by atoms with Crippen LogP contribution in [-0.2, 0) is 4.79 Å². The van der Waals surface area contributed by atoms with Crippen LogP contribution in [0.1, 0.15) is 11.1 Å². The van der Waals surface area contributed by atoms with Gasteiger partial charge in [0, 0.05) is 0 Å². The summed E-state index contributed by atoms with van der Waals surface area (Å²) in [6.45, 7) is 1.12. The van der Waals surface area contributed by atoms with Crippen molar-refractivity contribution in [3.05, 3.63) is 29.3 Å². The third-order valence-electron chi connectivity index (χ3n) is 2.53. The number of rotatable bonds is 6. The van der Waals surface area contributed by atoms with Gasteiger partial charge in [-0.15, -0.1) is 0 Å². The van der Waals surface area contributed by atoms with E-state index in [9.17, 15) is 13.6 Å². The van der Waals surface area contributed by atoms with Crippen LogP contribution in [0.2, 0.25) is 0 Å². The molecule has 4 nitrogen and oxygen atoms in total. The fourth-order valence-electron chi connectivity index (χ4n) is 1.50. The van der Waals surface area contributed by atoms with Gasteiger partial charge >= 0.3 is 0 Å². The van der Waals surface area contributed by atoms with E-state index in [1.165, 1.54) is 0 Å². The highest BCUT2D eigenvalue weighted by molar-refractivity contribution is 5.77. The number of hydrogen-bond donors (Lipinski definition) is 2. The monoisotopic (exact) mass is 273 g/mol. The Morgan fingerprint density at radius 1 is 1.37 bits per heavy atom. The van der Waals surface area contributed by atoms with E-state index in [0.717, 1.165) is 11.1 Å². The quantitative estimate of drug-likeness (QED) is 0.824. The van der Waals surface area contributed by atoms with Crippen molar-refractivity contribution in [1.82, 2.24) is 5.32 Å². The van der Waals surface area contributed by atoms with Gasteiger partial charge < -0.3 is 15.2 Å². The Bertz CT molecular complexity index is 429.